The highest BCUT2D eigenvalue weighted by Crippen LogP contribution is 2.29. The number of rotatable bonds is 3. The fourth-order valence-corrected chi connectivity index (χ4v) is 6.08. The van der Waals surface area contributed by atoms with Crippen LogP contribution in [0.5, 0.6) is 0 Å². The van der Waals surface area contributed by atoms with Crippen LogP contribution in [0.15, 0.2) is 16.9 Å². The zero-order valence-electron chi connectivity index (χ0n) is 15.3. The largest absolute Gasteiger partial charge is 0.350 e. The lowest BCUT2D eigenvalue weighted by atomic mass is 10.1. The molecule has 0 radical (unpaired) electrons. The Morgan fingerprint density at radius 2 is 1.81 bits per heavy atom. The van der Waals surface area contributed by atoms with Gasteiger partial charge in [-0.05, 0) is 41.5 Å². The quantitative estimate of drug-likeness (QED) is 0.782. The number of hydrogen-bond acceptors (Lipinski definition) is 7. The molecule has 5 rings (SSSR count). The van der Waals surface area contributed by atoms with Crippen LogP contribution in [-0.2, 0) is 30.9 Å². The van der Waals surface area contributed by atoms with E-state index in [-0.39, 0.29) is 11.6 Å². The van der Waals surface area contributed by atoms with Gasteiger partial charge in [0.15, 0.2) is 5.82 Å². The van der Waals surface area contributed by atoms with Crippen LogP contribution in [0.1, 0.15) is 35.4 Å². The lowest BCUT2D eigenvalue weighted by Crippen LogP contribution is -2.38. The highest BCUT2D eigenvalue weighted by molar-refractivity contribution is 7.98. The van der Waals surface area contributed by atoms with Crippen LogP contribution in [-0.4, -0.2) is 44.1 Å². The lowest BCUT2D eigenvalue weighted by molar-refractivity contribution is 0.479. The van der Waals surface area contributed by atoms with E-state index < -0.39 is 0 Å². The van der Waals surface area contributed by atoms with Crippen molar-refractivity contribution in [2.75, 3.05) is 23.0 Å². The third-order valence-corrected chi connectivity index (χ3v) is 7.66. The summed E-state index contributed by atoms with van der Waals surface area (Å²) in [7, 11) is 0. The van der Waals surface area contributed by atoms with E-state index >= 15 is 0 Å². The second kappa shape index (κ2) is 7.47. The van der Waals surface area contributed by atoms with Crippen molar-refractivity contribution in [2.45, 2.75) is 49.8 Å². The highest BCUT2D eigenvalue weighted by Gasteiger charge is 2.28. The summed E-state index contributed by atoms with van der Waals surface area (Å²) in [5.41, 5.74) is 4.72. The molecule has 8 heteroatoms. The monoisotopic (exact) mass is 401 g/mol. The number of nitrogens with zero attached hydrogens (tertiary/aromatic N) is 5. The second-order valence-corrected chi connectivity index (χ2v) is 9.62. The van der Waals surface area contributed by atoms with E-state index in [1.807, 2.05) is 23.5 Å². The minimum atomic E-state index is 0.0241. The van der Waals surface area contributed by atoms with Gasteiger partial charge in [-0.25, -0.2) is 4.68 Å². The Kier molecular flexibility index (Phi) is 4.85. The number of aryl methyl sites for hydroxylation is 2. The average molecular weight is 402 g/mol. The Labute approximate surface area is 167 Å². The number of thioether (sulfide) groups is 2. The van der Waals surface area contributed by atoms with Crippen LogP contribution in [0.3, 0.4) is 0 Å². The van der Waals surface area contributed by atoms with Crippen molar-refractivity contribution in [1.82, 2.24) is 20.0 Å². The number of fused-ring (bicyclic) bond motifs is 2. The fourth-order valence-electron chi connectivity index (χ4n) is 4.18. The van der Waals surface area contributed by atoms with Crippen molar-refractivity contribution in [2.24, 2.45) is 0 Å². The van der Waals surface area contributed by atoms with Crippen LogP contribution in [0.25, 0.3) is 0 Å². The first-order chi connectivity index (χ1) is 13.3. The van der Waals surface area contributed by atoms with Gasteiger partial charge in [-0.2, -0.15) is 33.7 Å². The summed E-state index contributed by atoms with van der Waals surface area (Å²) in [5.74, 6) is 5.13. The van der Waals surface area contributed by atoms with Gasteiger partial charge in [0.25, 0.3) is 5.56 Å². The molecule has 2 aromatic heterocycles. The minimum Gasteiger partial charge on any atom is -0.350 e. The molecule has 142 valence electrons. The summed E-state index contributed by atoms with van der Waals surface area (Å²) < 4.78 is 1.68. The zero-order valence-corrected chi connectivity index (χ0v) is 16.9. The highest BCUT2D eigenvalue weighted by atomic mass is 32.2. The molecule has 1 fully saturated rings. The standard InChI is InChI=1S/C19H23N5OS2/c25-19-9-14-12-27-7-4-17(14)22-24(19)10-15-2-1-5-23(15)18-8-13-11-26-6-3-16(13)20-21-18/h8-9,15H,1-7,10-12H2. The van der Waals surface area contributed by atoms with Crippen molar-refractivity contribution >= 4 is 29.3 Å². The molecule has 0 bridgehead atoms. The molecular formula is C19H23N5OS2. The zero-order chi connectivity index (χ0) is 18.2. The molecule has 0 spiro atoms. The van der Waals surface area contributed by atoms with Gasteiger partial charge in [0.2, 0.25) is 0 Å². The molecule has 0 amide bonds. The summed E-state index contributed by atoms with van der Waals surface area (Å²) in [5, 5.41) is 13.7. The molecule has 6 nitrogen and oxygen atoms in total. The van der Waals surface area contributed by atoms with E-state index in [1.54, 1.807) is 10.7 Å². The molecular weight excluding hydrogens is 378 g/mol. The minimum absolute atomic E-state index is 0.0241. The van der Waals surface area contributed by atoms with Crippen LogP contribution in [0.4, 0.5) is 5.82 Å². The maximum Gasteiger partial charge on any atom is 0.267 e. The van der Waals surface area contributed by atoms with Crippen molar-refractivity contribution < 1.29 is 0 Å². The molecule has 3 aliphatic rings. The van der Waals surface area contributed by atoms with E-state index in [4.69, 9.17) is 5.10 Å². The Morgan fingerprint density at radius 1 is 1.04 bits per heavy atom. The van der Waals surface area contributed by atoms with Gasteiger partial charge in [-0.1, -0.05) is 0 Å². The fraction of sp³-hybridized carbons (Fsp3) is 0.579. The van der Waals surface area contributed by atoms with E-state index in [9.17, 15) is 4.79 Å². The summed E-state index contributed by atoms with van der Waals surface area (Å²) in [4.78, 5) is 14.9. The molecule has 1 unspecified atom stereocenters. The summed E-state index contributed by atoms with van der Waals surface area (Å²) >= 11 is 3.84. The van der Waals surface area contributed by atoms with E-state index in [0.29, 0.717) is 6.54 Å². The molecule has 5 heterocycles. The SMILES string of the molecule is O=c1cc2c(nn1CC1CCCN1c1cc3c(nn1)CCSC3)CCSC2. The van der Waals surface area contributed by atoms with Crippen LogP contribution >= 0.6 is 23.5 Å². The van der Waals surface area contributed by atoms with Crippen LogP contribution in [0, 0.1) is 0 Å². The van der Waals surface area contributed by atoms with Crippen molar-refractivity contribution in [1.29, 1.82) is 0 Å². The lowest BCUT2D eigenvalue weighted by Gasteiger charge is -2.27. The normalized spacial score (nSPS) is 21.8. The first kappa shape index (κ1) is 17.6. The first-order valence-electron chi connectivity index (χ1n) is 9.65. The smallest absolute Gasteiger partial charge is 0.267 e. The molecule has 2 aromatic rings. The Balaban J connectivity index is 1.40. The Bertz CT molecular complexity index is 915. The molecule has 0 aromatic carbocycles. The van der Waals surface area contributed by atoms with Crippen LogP contribution < -0.4 is 10.5 Å². The van der Waals surface area contributed by atoms with Gasteiger partial charge in [0.1, 0.15) is 0 Å². The number of aromatic nitrogens is 4. The predicted molar refractivity (Wildman–Crippen MR) is 111 cm³/mol. The van der Waals surface area contributed by atoms with Crippen molar-refractivity contribution in [3.05, 3.63) is 45.0 Å². The third-order valence-electron chi connectivity index (χ3n) is 5.65. The molecule has 1 atom stereocenters. The molecule has 0 N–H and O–H groups in total. The Hall–Kier alpha value is -1.54. The summed E-state index contributed by atoms with van der Waals surface area (Å²) in [6, 6.07) is 4.27. The van der Waals surface area contributed by atoms with Gasteiger partial charge in [-0.15, -0.1) is 5.10 Å². The number of hydrogen-bond donors (Lipinski definition) is 0. The van der Waals surface area contributed by atoms with E-state index in [2.05, 4.69) is 21.2 Å². The van der Waals surface area contributed by atoms with Gasteiger partial charge in [0, 0.05) is 37.0 Å². The molecule has 3 aliphatic heterocycles. The molecule has 0 saturated carbocycles. The molecule has 0 aliphatic carbocycles. The average Bonchev–Trinajstić information content (AvgIpc) is 3.16. The maximum atomic E-state index is 12.6. The first-order valence-corrected chi connectivity index (χ1v) is 12.0. The maximum absolute atomic E-state index is 12.6. The van der Waals surface area contributed by atoms with E-state index in [1.165, 1.54) is 5.56 Å². The number of anilines is 1. The predicted octanol–water partition coefficient (Wildman–Crippen LogP) is 2.28. The molecule has 27 heavy (non-hydrogen) atoms. The molecule has 1 saturated heterocycles. The van der Waals surface area contributed by atoms with Crippen molar-refractivity contribution in [3.63, 3.8) is 0 Å². The van der Waals surface area contributed by atoms with Gasteiger partial charge >= 0.3 is 0 Å². The van der Waals surface area contributed by atoms with E-state index in [0.717, 1.165) is 78.0 Å². The van der Waals surface area contributed by atoms with Crippen LogP contribution in [0.2, 0.25) is 0 Å². The van der Waals surface area contributed by atoms with Gasteiger partial charge < -0.3 is 4.90 Å². The Morgan fingerprint density at radius 3 is 2.67 bits per heavy atom. The second-order valence-electron chi connectivity index (χ2n) is 7.41. The van der Waals surface area contributed by atoms with Crippen molar-refractivity contribution in [3.8, 4) is 0 Å². The summed E-state index contributed by atoms with van der Waals surface area (Å²) in [6.45, 7) is 1.61. The van der Waals surface area contributed by atoms with Gasteiger partial charge in [0.05, 0.1) is 24.0 Å². The summed E-state index contributed by atoms with van der Waals surface area (Å²) in [6.07, 6.45) is 4.16. The topological polar surface area (TPSA) is 63.9 Å². The van der Waals surface area contributed by atoms with Gasteiger partial charge in [-0.3, -0.25) is 4.79 Å². The third kappa shape index (κ3) is 3.49.